The normalized spacial score (nSPS) is 10.9. The van der Waals surface area contributed by atoms with E-state index in [-0.39, 0.29) is 5.56 Å². The summed E-state index contributed by atoms with van der Waals surface area (Å²) in [5.41, 5.74) is 4.34. The van der Waals surface area contributed by atoms with E-state index >= 15 is 0 Å². The highest BCUT2D eigenvalue weighted by Crippen LogP contribution is 2.18. The van der Waals surface area contributed by atoms with Crippen LogP contribution >= 0.6 is 0 Å². The third-order valence-electron chi connectivity index (χ3n) is 3.11. The Morgan fingerprint density at radius 2 is 1.86 bits per heavy atom. The lowest BCUT2D eigenvalue weighted by Crippen LogP contribution is -2.02. The maximum absolute atomic E-state index is 11.1. The van der Waals surface area contributed by atoms with Gasteiger partial charge in [0.2, 0.25) is 0 Å². The highest BCUT2D eigenvalue weighted by atomic mass is 16.4. The second-order valence-corrected chi connectivity index (χ2v) is 4.50. The van der Waals surface area contributed by atoms with Crippen molar-refractivity contribution in [3.63, 3.8) is 0 Å². The van der Waals surface area contributed by atoms with Gasteiger partial charge in [0.1, 0.15) is 6.33 Å². The molecule has 6 heteroatoms. The molecule has 3 aromatic rings. The number of nitrogens with zero attached hydrogens (tertiary/aromatic N) is 3. The quantitative estimate of drug-likeness (QED) is 0.570. The fourth-order valence-electron chi connectivity index (χ4n) is 2.06. The zero-order valence-corrected chi connectivity index (χ0v) is 11.5. The molecule has 0 saturated carbocycles. The molecule has 0 unspecified atom stereocenters. The largest absolute Gasteiger partial charge is 0.478 e. The smallest absolute Gasteiger partial charge is 0.336 e. The first-order valence-corrected chi connectivity index (χ1v) is 6.57. The van der Waals surface area contributed by atoms with E-state index in [1.54, 1.807) is 18.2 Å². The van der Waals surface area contributed by atoms with Crippen LogP contribution in [0, 0.1) is 0 Å². The summed E-state index contributed by atoms with van der Waals surface area (Å²) in [5.74, 6) is -0.427. The summed E-state index contributed by atoms with van der Waals surface area (Å²) >= 11 is 0. The molecule has 0 radical (unpaired) electrons. The number of nitrogens with one attached hydrogen (secondary N) is 1. The van der Waals surface area contributed by atoms with Crippen LogP contribution < -0.4 is 5.43 Å². The molecule has 22 heavy (non-hydrogen) atoms. The lowest BCUT2D eigenvalue weighted by atomic mass is 10.1. The van der Waals surface area contributed by atoms with Crippen molar-refractivity contribution in [2.24, 2.45) is 5.10 Å². The van der Waals surface area contributed by atoms with E-state index in [0.29, 0.717) is 11.4 Å². The molecular formula is C16H12N4O2. The fourth-order valence-corrected chi connectivity index (χ4v) is 2.06. The molecule has 0 aliphatic carbocycles. The van der Waals surface area contributed by atoms with Gasteiger partial charge in [0.05, 0.1) is 17.3 Å². The highest BCUT2D eigenvalue weighted by Gasteiger charge is 2.06. The molecule has 0 saturated heterocycles. The van der Waals surface area contributed by atoms with Crippen molar-refractivity contribution < 1.29 is 9.90 Å². The first kappa shape index (κ1) is 13.7. The van der Waals surface area contributed by atoms with E-state index in [1.165, 1.54) is 18.6 Å². The molecule has 6 nitrogen and oxygen atoms in total. The van der Waals surface area contributed by atoms with Crippen molar-refractivity contribution in [1.82, 2.24) is 9.97 Å². The van der Waals surface area contributed by atoms with Crippen LogP contribution in [-0.2, 0) is 0 Å². The Morgan fingerprint density at radius 1 is 1.09 bits per heavy atom. The molecule has 0 bridgehead atoms. The Morgan fingerprint density at radius 3 is 2.73 bits per heavy atom. The van der Waals surface area contributed by atoms with Crippen LogP contribution in [0.3, 0.4) is 0 Å². The van der Waals surface area contributed by atoms with Crippen molar-refractivity contribution in [2.75, 3.05) is 5.43 Å². The number of aromatic nitrogens is 2. The molecule has 3 rings (SSSR count). The van der Waals surface area contributed by atoms with Crippen molar-refractivity contribution >= 4 is 28.9 Å². The molecule has 1 heterocycles. The maximum atomic E-state index is 11.1. The monoisotopic (exact) mass is 292 g/mol. The molecule has 0 aliphatic heterocycles. The summed E-state index contributed by atoms with van der Waals surface area (Å²) in [7, 11) is 0. The third-order valence-corrected chi connectivity index (χ3v) is 3.11. The average Bonchev–Trinajstić information content (AvgIpc) is 2.55. The summed E-state index contributed by atoms with van der Waals surface area (Å²) in [6, 6.07) is 14.2. The van der Waals surface area contributed by atoms with Gasteiger partial charge in [-0.25, -0.2) is 14.8 Å². The number of hydrogen-bond donors (Lipinski definition) is 2. The summed E-state index contributed by atoms with van der Waals surface area (Å²) < 4.78 is 0. The average molecular weight is 292 g/mol. The van der Waals surface area contributed by atoms with Gasteiger partial charge in [-0.05, 0) is 18.2 Å². The lowest BCUT2D eigenvalue weighted by Gasteiger charge is -2.04. The minimum absolute atomic E-state index is 0.195. The summed E-state index contributed by atoms with van der Waals surface area (Å²) in [5, 5.41) is 14.0. The Labute approximate surface area is 126 Å². The van der Waals surface area contributed by atoms with Gasteiger partial charge in [-0.2, -0.15) is 5.10 Å². The van der Waals surface area contributed by atoms with Crippen LogP contribution in [0.15, 0.2) is 60.0 Å². The van der Waals surface area contributed by atoms with Crippen LogP contribution in [0.1, 0.15) is 15.9 Å². The van der Waals surface area contributed by atoms with Crippen molar-refractivity contribution in [3.8, 4) is 0 Å². The van der Waals surface area contributed by atoms with E-state index < -0.39 is 5.97 Å². The number of benzene rings is 2. The topological polar surface area (TPSA) is 87.5 Å². The van der Waals surface area contributed by atoms with E-state index in [2.05, 4.69) is 20.5 Å². The number of fused-ring (bicyclic) bond motifs is 1. The fraction of sp³-hybridized carbons (Fsp3) is 0. The van der Waals surface area contributed by atoms with Gasteiger partial charge >= 0.3 is 5.97 Å². The van der Waals surface area contributed by atoms with Gasteiger partial charge in [0, 0.05) is 10.9 Å². The predicted octanol–water partition coefficient (Wildman–Crippen LogP) is 2.77. The zero-order chi connectivity index (χ0) is 15.4. The molecular weight excluding hydrogens is 280 g/mol. The molecule has 0 spiro atoms. The van der Waals surface area contributed by atoms with Gasteiger partial charge in [-0.3, -0.25) is 5.43 Å². The van der Waals surface area contributed by atoms with E-state index in [1.807, 2.05) is 24.3 Å². The molecule has 1 aromatic heterocycles. The van der Waals surface area contributed by atoms with Gasteiger partial charge in [0.15, 0.2) is 5.82 Å². The van der Waals surface area contributed by atoms with Crippen LogP contribution in [0.4, 0.5) is 5.82 Å². The number of carboxylic acids is 1. The first-order valence-electron chi connectivity index (χ1n) is 6.57. The lowest BCUT2D eigenvalue weighted by molar-refractivity contribution is 0.0697. The SMILES string of the molecule is O=C(O)c1ccccc1/C=N\Nc1ncnc2ccccc12. The molecule has 2 aromatic carbocycles. The number of aromatic carboxylic acids is 1. The molecule has 108 valence electrons. The van der Waals surface area contributed by atoms with Gasteiger partial charge in [-0.15, -0.1) is 0 Å². The summed E-state index contributed by atoms with van der Waals surface area (Å²) in [4.78, 5) is 19.4. The van der Waals surface area contributed by atoms with Crippen molar-refractivity contribution in [1.29, 1.82) is 0 Å². The van der Waals surface area contributed by atoms with Gasteiger partial charge in [-0.1, -0.05) is 30.3 Å². The summed E-state index contributed by atoms with van der Waals surface area (Å²) in [6.07, 6.45) is 2.91. The molecule has 0 fully saturated rings. The standard InChI is InChI=1S/C16H12N4O2/c21-16(22)12-6-2-1-5-11(12)9-19-20-15-13-7-3-4-8-14(13)17-10-18-15/h1-10H,(H,21,22)(H,17,18,20)/b19-9-. The Balaban J connectivity index is 1.87. The Kier molecular flexibility index (Phi) is 3.74. The molecule has 2 N–H and O–H groups in total. The Bertz CT molecular complexity index is 856. The number of hydrogen-bond acceptors (Lipinski definition) is 5. The van der Waals surface area contributed by atoms with Crippen molar-refractivity contribution in [3.05, 3.63) is 66.0 Å². The summed E-state index contributed by atoms with van der Waals surface area (Å²) in [6.45, 7) is 0. The van der Waals surface area contributed by atoms with Gasteiger partial charge in [0.25, 0.3) is 0 Å². The second kappa shape index (κ2) is 6.01. The first-order chi connectivity index (χ1) is 10.8. The minimum atomic E-state index is -0.991. The molecule has 0 amide bonds. The van der Waals surface area contributed by atoms with Crippen LogP contribution in [-0.4, -0.2) is 27.3 Å². The zero-order valence-electron chi connectivity index (χ0n) is 11.5. The Hall–Kier alpha value is -3.28. The predicted molar refractivity (Wildman–Crippen MR) is 84.2 cm³/mol. The van der Waals surface area contributed by atoms with E-state index in [9.17, 15) is 4.79 Å². The van der Waals surface area contributed by atoms with E-state index in [0.717, 1.165) is 10.9 Å². The molecule has 0 atom stereocenters. The van der Waals surface area contributed by atoms with Gasteiger partial charge < -0.3 is 5.11 Å². The van der Waals surface area contributed by atoms with Crippen molar-refractivity contribution in [2.45, 2.75) is 0 Å². The van der Waals surface area contributed by atoms with E-state index in [4.69, 9.17) is 5.11 Å². The number of carboxylic acid groups (broad SMARTS) is 1. The van der Waals surface area contributed by atoms with Crippen LogP contribution in [0.2, 0.25) is 0 Å². The number of hydrazone groups is 1. The molecule has 0 aliphatic rings. The van der Waals surface area contributed by atoms with Crippen LogP contribution in [0.5, 0.6) is 0 Å². The number of carbonyl (C=O) groups is 1. The maximum Gasteiger partial charge on any atom is 0.336 e. The van der Waals surface area contributed by atoms with Crippen LogP contribution in [0.25, 0.3) is 10.9 Å². The number of anilines is 1. The highest BCUT2D eigenvalue weighted by molar-refractivity contribution is 5.98. The second-order valence-electron chi connectivity index (χ2n) is 4.50. The minimum Gasteiger partial charge on any atom is -0.478 e. The number of para-hydroxylation sites is 1. The number of rotatable bonds is 4. The third kappa shape index (κ3) is 2.76.